The Bertz CT molecular complexity index is 686. The van der Waals surface area contributed by atoms with Crippen LogP contribution in [0.25, 0.3) is 0 Å². The summed E-state index contributed by atoms with van der Waals surface area (Å²) in [4.78, 5) is 16.8. The van der Waals surface area contributed by atoms with E-state index in [0.29, 0.717) is 13.2 Å². The Morgan fingerprint density at radius 3 is 2.31 bits per heavy atom. The molecule has 0 unspecified atom stereocenters. The third-order valence-electron chi connectivity index (χ3n) is 4.38. The van der Waals surface area contributed by atoms with Crippen molar-refractivity contribution >= 4 is 27.5 Å². The molecule has 2 aromatic rings. The van der Waals surface area contributed by atoms with Gasteiger partial charge in [-0.3, -0.25) is 14.6 Å². The lowest BCUT2D eigenvalue weighted by atomic mass is 10.3. The molecule has 1 heterocycles. The van der Waals surface area contributed by atoms with Crippen molar-refractivity contribution in [3.05, 3.63) is 59.1 Å². The van der Waals surface area contributed by atoms with E-state index >= 15 is 0 Å². The maximum Gasteiger partial charge on any atom is 0.238 e. The molecule has 6 heteroatoms. The number of anilines is 1. The van der Waals surface area contributed by atoms with Crippen LogP contribution in [-0.4, -0.2) is 61.6 Å². The number of carbonyl (C=O) groups is 1. The van der Waals surface area contributed by atoms with Gasteiger partial charge < -0.3 is 10.1 Å². The highest BCUT2D eigenvalue weighted by molar-refractivity contribution is 9.10. The number of nitrogens with zero attached hydrogens (tertiary/aromatic N) is 2. The molecule has 0 aromatic heterocycles. The van der Waals surface area contributed by atoms with Crippen molar-refractivity contribution in [2.75, 3.05) is 51.2 Å². The molecule has 0 radical (unpaired) electrons. The van der Waals surface area contributed by atoms with E-state index in [0.717, 1.165) is 48.6 Å². The minimum Gasteiger partial charge on any atom is -0.492 e. The van der Waals surface area contributed by atoms with Crippen LogP contribution in [0.4, 0.5) is 5.69 Å². The number of halogens is 1. The summed E-state index contributed by atoms with van der Waals surface area (Å²) in [5.74, 6) is 0.948. The molecule has 0 saturated carbocycles. The van der Waals surface area contributed by atoms with Crippen LogP contribution in [-0.2, 0) is 4.79 Å². The average Bonchev–Trinajstić information content (AvgIpc) is 2.66. The van der Waals surface area contributed by atoms with Gasteiger partial charge in [-0.05, 0) is 36.4 Å². The van der Waals surface area contributed by atoms with Crippen molar-refractivity contribution in [2.24, 2.45) is 0 Å². The fraction of sp³-hybridized carbons (Fsp3) is 0.350. The Balaban J connectivity index is 1.33. The van der Waals surface area contributed by atoms with Gasteiger partial charge >= 0.3 is 0 Å². The van der Waals surface area contributed by atoms with Crippen LogP contribution in [0.1, 0.15) is 0 Å². The molecule has 1 fully saturated rings. The van der Waals surface area contributed by atoms with E-state index in [1.54, 1.807) is 0 Å². The van der Waals surface area contributed by atoms with Crippen LogP contribution in [0.2, 0.25) is 0 Å². The van der Waals surface area contributed by atoms with Crippen LogP contribution in [0.5, 0.6) is 5.75 Å². The third-order valence-corrected chi connectivity index (χ3v) is 4.91. The van der Waals surface area contributed by atoms with E-state index in [4.69, 9.17) is 4.74 Å². The maximum absolute atomic E-state index is 12.2. The quantitative estimate of drug-likeness (QED) is 0.751. The highest BCUT2D eigenvalue weighted by Gasteiger charge is 2.18. The lowest BCUT2D eigenvalue weighted by Crippen LogP contribution is -2.49. The second-order valence-corrected chi connectivity index (χ2v) is 7.25. The SMILES string of the molecule is O=C(CN1CCN(CCOc2ccccc2)CC1)Nc1ccc(Br)cc1. The lowest BCUT2D eigenvalue weighted by molar-refractivity contribution is -0.117. The Labute approximate surface area is 163 Å². The number of carbonyl (C=O) groups excluding carboxylic acids is 1. The highest BCUT2D eigenvalue weighted by Crippen LogP contribution is 2.14. The molecule has 3 rings (SSSR count). The van der Waals surface area contributed by atoms with Gasteiger partial charge in [0.1, 0.15) is 12.4 Å². The normalized spacial score (nSPS) is 15.6. The molecule has 0 atom stereocenters. The second kappa shape index (κ2) is 9.71. The van der Waals surface area contributed by atoms with Gasteiger partial charge in [0.2, 0.25) is 5.91 Å². The number of hydrogen-bond acceptors (Lipinski definition) is 4. The number of para-hydroxylation sites is 1. The molecule has 1 saturated heterocycles. The molecule has 0 spiro atoms. The number of nitrogens with one attached hydrogen (secondary N) is 1. The zero-order chi connectivity index (χ0) is 18.2. The van der Waals surface area contributed by atoms with E-state index < -0.39 is 0 Å². The van der Waals surface area contributed by atoms with Gasteiger partial charge in [0.05, 0.1) is 6.54 Å². The number of amides is 1. The summed E-state index contributed by atoms with van der Waals surface area (Å²) in [5.41, 5.74) is 0.829. The van der Waals surface area contributed by atoms with Crippen molar-refractivity contribution in [3.8, 4) is 5.75 Å². The molecule has 1 aliphatic heterocycles. The van der Waals surface area contributed by atoms with Crippen LogP contribution in [0.15, 0.2) is 59.1 Å². The second-order valence-electron chi connectivity index (χ2n) is 6.33. The first kappa shape index (κ1) is 18.9. The number of ether oxygens (including phenoxy) is 1. The summed E-state index contributed by atoms with van der Waals surface area (Å²) in [6.07, 6.45) is 0. The molecule has 1 amide bonds. The Morgan fingerprint density at radius 2 is 1.62 bits per heavy atom. The molecule has 1 aliphatic rings. The van der Waals surface area contributed by atoms with Crippen molar-refractivity contribution in [3.63, 3.8) is 0 Å². The minimum atomic E-state index is 0.0354. The average molecular weight is 418 g/mol. The van der Waals surface area contributed by atoms with Gasteiger partial charge in [0, 0.05) is 42.9 Å². The van der Waals surface area contributed by atoms with Gasteiger partial charge in [-0.2, -0.15) is 0 Å². The summed E-state index contributed by atoms with van der Waals surface area (Å²) >= 11 is 3.39. The van der Waals surface area contributed by atoms with E-state index in [1.807, 2.05) is 54.6 Å². The topological polar surface area (TPSA) is 44.8 Å². The lowest BCUT2D eigenvalue weighted by Gasteiger charge is -2.34. The molecule has 1 N–H and O–H groups in total. The molecule has 0 aliphatic carbocycles. The molecular weight excluding hydrogens is 394 g/mol. The van der Waals surface area contributed by atoms with Crippen LogP contribution in [0.3, 0.4) is 0 Å². The van der Waals surface area contributed by atoms with E-state index in [1.165, 1.54) is 0 Å². The maximum atomic E-state index is 12.2. The van der Waals surface area contributed by atoms with Crippen molar-refractivity contribution < 1.29 is 9.53 Å². The molecule has 2 aromatic carbocycles. The summed E-state index contributed by atoms with van der Waals surface area (Å²) in [6, 6.07) is 17.5. The van der Waals surface area contributed by atoms with Gasteiger partial charge in [0.15, 0.2) is 0 Å². The monoisotopic (exact) mass is 417 g/mol. The van der Waals surface area contributed by atoms with Gasteiger partial charge in [-0.25, -0.2) is 0 Å². The van der Waals surface area contributed by atoms with E-state index in [-0.39, 0.29) is 5.91 Å². The summed E-state index contributed by atoms with van der Waals surface area (Å²) in [5, 5.41) is 2.95. The van der Waals surface area contributed by atoms with Crippen LogP contribution >= 0.6 is 15.9 Å². The summed E-state index contributed by atoms with van der Waals surface area (Å²) < 4.78 is 6.75. The minimum absolute atomic E-state index is 0.0354. The molecule has 5 nitrogen and oxygen atoms in total. The van der Waals surface area contributed by atoms with Gasteiger partial charge in [-0.15, -0.1) is 0 Å². The van der Waals surface area contributed by atoms with Gasteiger partial charge in [0.25, 0.3) is 0 Å². The highest BCUT2D eigenvalue weighted by atomic mass is 79.9. The number of hydrogen-bond donors (Lipinski definition) is 1. The molecular formula is C20H24BrN3O2. The van der Waals surface area contributed by atoms with Crippen LogP contribution < -0.4 is 10.1 Å². The predicted molar refractivity (Wildman–Crippen MR) is 108 cm³/mol. The standard InChI is InChI=1S/C20H24BrN3O2/c21-17-6-8-18(9-7-17)22-20(25)16-24-12-10-23(11-13-24)14-15-26-19-4-2-1-3-5-19/h1-9H,10-16H2,(H,22,25). The van der Waals surface area contributed by atoms with Crippen molar-refractivity contribution in [1.82, 2.24) is 9.80 Å². The summed E-state index contributed by atoms with van der Waals surface area (Å²) in [6.45, 7) is 5.76. The molecule has 26 heavy (non-hydrogen) atoms. The number of piperazine rings is 1. The zero-order valence-electron chi connectivity index (χ0n) is 14.7. The van der Waals surface area contributed by atoms with Crippen LogP contribution in [0, 0.1) is 0 Å². The Hall–Kier alpha value is -1.89. The first-order chi connectivity index (χ1) is 12.7. The largest absolute Gasteiger partial charge is 0.492 e. The van der Waals surface area contributed by atoms with E-state index in [9.17, 15) is 4.79 Å². The summed E-state index contributed by atoms with van der Waals surface area (Å²) in [7, 11) is 0. The first-order valence-corrected chi connectivity index (χ1v) is 9.66. The van der Waals surface area contributed by atoms with E-state index in [2.05, 4.69) is 31.0 Å². The first-order valence-electron chi connectivity index (χ1n) is 8.87. The number of rotatable bonds is 7. The zero-order valence-corrected chi connectivity index (χ0v) is 16.3. The van der Waals surface area contributed by atoms with Crippen molar-refractivity contribution in [2.45, 2.75) is 0 Å². The van der Waals surface area contributed by atoms with Crippen molar-refractivity contribution in [1.29, 1.82) is 0 Å². The fourth-order valence-corrected chi connectivity index (χ4v) is 3.18. The third kappa shape index (κ3) is 6.12. The fourth-order valence-electron chi connectivity index (χ4n) is 2.92. The number of benzene rings is 2. The predicted octanol–water partition coefficient (Wildman–Crippen LogP) is 3.08. The smallest absolute Gasteiger partial charge is 0.238 e. The Morgan fingerprint density at radius 1 is 0.962 bits per heavy atom. The Kier molecular flexibility index (Phi) is 7.05. The molecule has 0 bridgehead atoms. The molecule has 138 valence electrons. The van der Waals surface area contributed by atoms with Gasteiger partial charge in [-0.1, -0.05) is 34.1 Å².